The first-order valence-corrected chi connectivity index (χ1v) is 11.7. The second-order valence-electron chi connectivity index (χ2n) is 8.29. The number of nitrogens with one attached hydrogen (secondary N) is 1. The van der Waals surface area contributed by atoms with Crippen LogP contribution in [-0.2, 0) is 22.1 Å². The van der Waals surface area contributed by atoms with Gasteiger partial charge in [-0.1, -0.05) is 25.6 Å². The third-order valence-electron chi connectivity index (χ3n) is 5.69. The fourth-order valence-electron chi connectivity index (χ4n) is 3.91. The van der Waals surface area contributed by atoms with Gasteiger partial charge in [0.1, 0.15) is 6.07 Å². The van der Waals surface area contributed by atoms with Crippen LogP contribution in [0, 0.1) is 11.3 Å². The molecule has 0 amide bonds. The van der Waals surface area contributed by atoms with Crippen LogP contribution in [0.1, 0.15) is 43.9 Å². The molecule has 37 heavy (non-hydrogen) atoms. The van der Waals surface area contributed by atoms with Crippen molar-refractivity contribution in [2.24, 2.45) is 0 Å². The first kappa shape index (κ1) is 29.8. The SMILES string of the molecule is C.CCOc1nc(N)nc(N[C@@H](CCCN2CCOCC2)C(=O)Cc2cccc(C(F)(F)F)c2)c1C#N. The lowest BCUT2D eigenvalue weighted by Gasteiger charge is -2.27. The molecule has 202 valence electrons. The molecule has 1 aromatic heterocycles. The predicted octanol–water partition coefficient (Wildman–Crippen LogP) is 3.69. The zero-order valence-electron chi connectivity index (χ0n) is 20.0. The van der Waals surface area contributed by atoms with E-state index in [2.05, 4.69) is 20.2 Å². The molecule has 1 fully saturated rings. The van der Waals surface area contributed by atoms with E-state index in [1.807, 2.05) is 6.07 Å². The van der Waals surface area contributed by atoms with E-state index in [0.29, 0.717) is 26.1 Å². The Morgan fingerprint density at radius 3 is 2.70 bits per heavy atom. The summed E-state index contributed by atoms with van der Waals surface area (Å²) in [5, 5.41) is 12.6. The summed E-state index contributed by atoms with van der Waals surface area (Å²) < 4.78 is 50.2. The van der Waals surface area contributed by atoms with Crippen LogP contribution in [0.5, 0.6) is 5.88 Å². The Morgan fingerprint density at radius 1 is 1.32 bits per heavy atom. The number of rotatable bonds is 11. The van der Waals surface area contributed by atoms with Gasteiger partial charge in [-0.2, -0.15) is 28.4 Å². The van der Waals surface area contributed by atoms with Crippen LogP contribution >= 0.6 is 0 Å². The number of Topliss-reactive ketones (excluding diaryl/α,β-unsaturated/α-hetero) is 1. The second-order valence-corrected chi connectivity index (χ2v) is 8.29. The average Bonchev–Trinajstić information content (AvgIpc) is 2.84. The van der Waals surface area contributed by atoms with Gasteiger partial charge < -0.3 is 20.5 Å². The summed E-state index contributed by atoms with van der Waals surface area (Å²) in [7, 11) is 0. The standard InChI is InChI=1S/C24H29F3N6O3.CH4/c1-2-36-22-18(15-28)21(31-23(29)32-22)30-19(7-4-8-33-9-11-35-12-10-33)20(34)14-16-5-3-6-17(13-16)24(25,26)27;/h3,5-6,13,19H,2,4,7-12,14H2,1H3,(H3,29,30,31,32);1H4/t19-;/m0./s1. The normalized spacial score (nSPS) is 14.8. The highest BCUT2D eigenvalue weighted by Gasteiger charge is 2.31. The molecule has 0 spiro atoms. The van der Waals surface area contributed by atoms with Crippen molar-refractivity contribution in [2.75, 3.05) is 50.5 Å². The molecule has 12 heteroatoms. The number of carbonyl (C=O) groups is 1. The monoisotopic (exact) mass is 522 g/mol. The Hall–Kier alpha value is -3.43. The maximum absolute atomic E-state index is 13.3. The minimum absolute atomic E-state index is 0. The molecule has 3 N–H and O–H groups in total. The van der Waals surface area contributed by atoms with Crippen molar-refractivity contribution in [3.8, 4) is 11.9 Å². The molecule has 0 aliphatic carbocycles. The highest BCUT2D eigenvalue weighted by Crippen LogP contribution is 2.30. The molecule has 0 bridgehead atoms. The smallest absolute Gasteiger partial charge is 0.416 e. The van der Waals surface area contributed by atoms with Crippen LogP contribution in [0.3, 0.4) is 0 Å². The van der Waals surface area contributed by atoms with E-state index in [0.717, 1.165) is 31.8 Å². The van der Waals surface area contributed by atoms with Crippen LogP contribution in [0.15, 0.2) is 24.3 Å². The molecule has 3 rings (SSSR count). The molecule has 1 atom stereocenters. The molecule has 2 aromatic rings. The summed E-state index contributed by atoms with van der Waals surface area (Å²) in [4.78, 5) is 23.5. The molecule has 9 nitrogen and oxygen atoms in total. The largest absolute Gasteiger partial charge is 0.477 e. The third-order valence-corrected chi connectivity index (χ3v) is 5.69. The summed E-state index contributed by atoms with van der Waals surface area (Å²) in [6.45, 7) is 5.54. The van der Waals surface area contributed by atoms with E-state index in [-0.39, 0.29) is 55.0 Å². The van der Waals surface area contributed by atoms with Gasteiger partial charge in [0.15, 0.2) is 17.2 Å². The number of morpholine rings is 1. The Labute approximate surface area is 214 Å². The quantitative estimate of drug-likeness (QED) is 0.454. The number of nitrogen functional groups attached to an aromatic ring is 1. The number of nitrogens with zero attached hydrogens (tertiary/aromatic N) is 4. The summed E-state index contributed by atoms with van der Waals surface area (Å²) in [5.74, 6) is -0.442. The van der Waals surface area contributed by atoms with Crippen molar-refractivity contribution in [1.29, 1.82) is 5.26 Å². The van der Waals surface area contributed by atoms with Crippen molar-refractivity contribution in [3.63, 3.8) is 0 Å². The number of benzene rings is 1. The van der Waals surface area contributed by atoms with Crippen LogP contribution in [-0.4, -0.2) is 66.1 Å². The van der Waals surface area contributed by atoms with E-state index in [4.69, 9.17) is 15.2 Å². The molecule has 1 aliphatic rings. The van der Waals surface area contributed by atoms with Gasteiger partial charge in [-0.05, 0) is 37.9 Å². The molecule has 1 aliphatic heterocycles. The number of ether oxygens (including phenoxy) is 2. The number of nitrogens with two attached hydrogens (primary N) is 1. The molecular formula is C25H33F3N6O3. The first-order valence-electron chi connectivity index (χ1n) is 11.7. The van der Waals surface area contributed by atoms with Crippen molar-refractivity contribution in [3.05, 3.63) is 41.0 Å². The maximum Gasteiger partial charge on any atom is 0.416 e. The van der Waals surface area contributed by atoms with Crippen molar-refractivity contribution in [1.82, 2.24) is 14.9 Å². The molecule has 0 saturated carbocycles. The van der Waals surface area contributed by atoms with Crippen LogP contribution < -0.4 is 15.8 Å². The summed E-state index contributed by atoms with van der Waals surface area (Å²) >= 11 is 0. The van der Waals surface area contributed by atoms with Crippen LogP contribution in [0.4, 0.5) is 24.9 Å². The van der Waals surface area contributed by atoms with Gasteiger partial charge in [-0.15, -0.1) is 0 Å². The Morgan fingerprint density at radius 2 is 2.05 bits per heavy atom. The number of aromatic nitrogens is 2. The zero-order valence-corrected chi connectivity index (χ0v) is 20.0. The van der Waals surface area contributed by atoms with Gasteiger partial charge in [-0.3, -0.25) is 9.69 Å². The van der Waals surface area contributed by atoms with Gasteiger partial charge >= 0.3 is 6.18 Å². The highest BCUT2D eigenvalue weighted by molar-refractivity contribution is 5.88. The van der Waals surface area contributed by atoms with Crippen molar-refractivity contribution >= 4 is 17.5 Å². The van der Waals surface area contributed by atoms with Crippen molar-refractivity contribution < 1.29 is 27.4 Å². The van der Waals surface area contributed by atoms with Gasteiger partial charge in [-0.25, -0.2) is 0 Å². The number of halogens is 3. The van der Waals surface area contributed by atoms with E-state index in [1.165, 1.54) is 12.1 Å². The fourth-order valence-corrected chi connectivity index (χ4v) is 3.91. The molecule has 0 radical (unpaired) electrons. The van der Waals surface area contributed by atoms with E-state index >= 15 is 0 Å². The lowest BCUT2D eigenvalue weighted by molar-refractivity contribution is -0.137. The van der Waals surface area contributed by atoms with Crippen LogP contribution in [0.2, 0.25) is 0 Å². The molecular weight excluding hydrogens is 489 g/mol. The fraction of sp³-hybridized carbons (Fsp3) is 0.520. The van der Waals surface area contributed by atoms with Crippen LogP contribution in [0.25, 0.3) is 0 Å². The number of ketones is 1. The third kappa shape index (κ3) is 8.58. The number of anilines is 2. The summed E-state index contributed by atoms with van der Waals surface area (Å²) in [6, 6.07) is 5.84. The number of alkyl halides is 3. The Kier molecular flexibility index (Phi) is 11.1. The van der Waals surface area contributed by atoms with E-state index < -0.39 is 17.8 Å². The predicted molar refractivity (Wildman–Crippen MR) is 133 cm³/mol. The number of hydrogen-bond donors (Lipinski definition) is 2. The lowest BCUT2D eigenvalue weighted by atomic mass is 9.98. The minimum Gasteiger partial charge on any atom is -0.477 e. The highest BCUT2D eigenvalue weighted by atomic mass is 19.4. The Bertz CT molecular complexity index is 1080. The van der Waals surface area contributed by atoms with Crippen molar-refractivity contribution in [2.45, 2.75) is 45.8 Å². The van der Waals surface area contributed by atoms with Gasteiger partial charge in [0.25, 0.3) is 0 Å². The number of nitriles is 1. The number of hydrogen-bond acceptors (Lipinski definition) is 9. The van der Waals surface area contributed by atoms with Gasteiger partial charge in [0.2, 0.25) is 11.8 Å². The molecule has 1 aromatic carbocycles. The number of carbonyl (C=O) groups excluding carboxylic acids is 1. The van der Waals surface area contributed by atoms with Gasteiger partial charge in [0, 0.05) is 19.5 Å². The zero-order chi connectivity index (χ0) is 26.1. The second kappa shape index (κ2) is 13.8. The van der Waals surface area contributed by atoms with Gasteiger partial charge in [0.05, 0.1) is 31.4 Å². The van der Waals surface area contributed by atoms with E-state index in [9.17, 15) is 23.2 Å². The summed E-state index contributed by atoms with van der Waals surface area (Å²) in [5.41, 5.74) is 5.20. The van der Waals surface area contributed by atoms with E-state index in [1.54, 1.807) is 6.92 Å². The molecule has 1 saturated heterocycles. The maximum atomic E-state index is 13.3. The Balaban J connectivity index is 0.00000481. The molecule has 0 unspecified atom stereocenters. The average molecular weight is 523 g/mol. The first-order chi connectivity index (χ1) is 17.2. The topological polar surface area (TPSA) is 126 Å². The lowest BCUT2D eigenvalue weighted by Crippen LogP contribution is -2.38. The summed E-state index contributed by atoms with van der Waals surface area (Å²) in [6.07, 6.45) is -3.73. The molecule has 2 heterocycles. The minimum atomic E-state index is -4.51.